The van der Waals surface area contributed by atoms with E-state index in [0.29, 0.717) is 12.2 Å². The molecule has 0 saturated heterocycles. The number of aromatic nitrogens is 2. The molecule has 24 heavy (non-hydrogen) atoms. The third kappa shape index (κ3) is 3.48. The zero-order valence-corrected chi connectivity index (χ0v) is 14.0. The largest absolute Gasteiger partial charge is 0.493 e. The highest BCUT2D eigenvalue weighted by Gasteiger charge is 2.27. The third-order valence-corrected chi connectivity index (χ3v) is 3.70. The van der Waals surface area contributed by atoms with Crippen LogP contribution >= 0.6 is 0 Å². The normalized spacial score (nSPS) is 13.8. The Morgan fingerprint density at radius 3 is 2.71 bits per heavy atom. The fraction of sp³-hybridized carbons (Fsp3) is 0.389. The fourth-order valence-electron chi connectivity index (χ4n) is 2.69. The molecule has 0 amide bonds. The Labute approximate surface area is 140 Å². The van der Waals surface area contributed by atoms with E-state index in [9.17, 15) is 4.79 Å². The summed E-state index contributed by atoms with van der Waals surface area (Å²) in [4.78, 5) is 20.9. The van der Waals surface area contributed by atoms with Crippen LogP contribution in [-0.2, 0) is 16.0 Å². The van der Waals surface area contributed by atoms with Gasteiger partial charge in [0.25, 0.3) is 0 Å². The molecule has 1 aromatic heterocycles. The second-order valence-electron chi connectivity index (χ2n) is 5.65. The molecule has 0 bridgehead atoms. The number of ether oxygens (including phenoxy) is 3. The number of esters is 1. The van der Waals surface area contributed by atoms with Crippen LogP contribution in [0.15, 0.2) is 24.3 Å². The van der Waals surface area contributed by atoms with E-state index in [0.717, 1.165) is 29.1 Å². The summed E-state index contributed by atoms with van der Waals surface area (Å²) in [7, 11) is 0. The van der Waals surface area contributed by atoms with Gasteiger partial charge in [0, 0.05) is 23.4 Å². The first-order valence-corrected chi connectivity index (χ1v) is 7.98. The molecule has 126 valence electrons. The lowest BCUT2D eigenvalue weighted by Gasteiger charge is -2.17. The first-order chi connectivity index (χ1) is 11.6. The van der Waals surface area contributed by atoms with Gasteiger partial charge >= 0.3 is 12.0 Å². The Morgan fingerprint density at radius 1 is 1.25 bits per heavy atom. The second kappa shape index (κ2) is 6.86. The van der Waals surface area contributed by atoms with Gasteiger partial charge in [-0.2, -0.15) is 0 Å². The van der Waals surface area contributed by atoms with Crippen molar-refractivity contribution in [3.63, 3.8) is 0 Å². The molecular weight excluding hydrogens is 308 g/mol. The van der Waals surface area contributed by atoms with E-state index in [-0.39, 0.29) is 12.6 Å². The van der Waals surface area contributed by atoms with Gasteiger partial charge in [-0.15, -0.1) is 0 Å². The van der Waals surface area contributed by atoms with Gasteiger partial charge < -0.3 is 14.2 Å². The maximum absolute atomic E-state index is 12.4. The number of rotatable bonds is 5. The minimum absolute atomic E-state index is 0.169. The van der Waals surface area contributed by atoms with Crippen molar-refractivity contribution in [3.05, 3.63) is 46.8 Å². The molecule has 0 spiro atoms. The zero-order chi connectivity index (χ0) is 17.1. The van der Waals surface area contributed by atoms with Crippen LogP contribution in [0.3, 0.4) is 0 Å². The monoisotopic (exact) mass is 328 g/mol. The predicted molar refractivity (Wildman–Crippen MR) is 87.1 cm³/mol. The topological polar surface area (TPSA) is 70.5 Å². The highest BCUT2D eigenvalue weighted by Crippen LogP contribution is 2.30. The molecule has 3 rings (SSSR count). The number of benzene rings is 1. The summed E-state index contributed by atoms with van der Waals surface area (Å²) in [6, 6.07) is 7.61. The number of hydrogen-bond acceptors (Lipinski definition) is 6. The highest BCUT2D eigenvalue weighted by molar-refractivity contribution is 5.77. The van der Waals surface area contributed by atoms with Crippen LogP contribution in [0.4, 0.5) is 0 Å². The molecule has 1 unspecified atom stereocenters. The summed E-state index contributed by atoms with van der Waals surface area (Å²) in [5.74, 6) is 0.392. The van der Waals surface area contributed by atoms with Crippen molar-refractivity contribution in [2.45, 2.75) is 33.3 Å². The van der Waals surface area contributed by atoms with Crippen LogP contribution in [0.5, 0.6) is 11.8 Å². The van der Waals surface area contributed by atoms with Crippen molar-refractivity contribution in [1.82, 2.24) is 9.97 Å². The molecule has 1 aromatic carbocycles. The molecule has 1 aliphatic rings. The molecule has 1 atom stereocenters. The summed E-state index contributed by atoms with van der Waals surface area (Å²) in [5, 5.41) is 0. The van der Waals surface area contributed by atoms with Gasteiger partial charge in [-0.05, 0) is 44.5 Å². The Bertz CT molecular complexity index is 740. The number of nitrogens with zero attached hydrogens (tertiary/aromatic N) is 2. The molecule has 0 N–H and O–H groups in total. The smallest absolute Gasteiger partial charge is 0.352 e. The number of carbonyl (C=O) groups is 1. The second-order valence-corrected chi connectivity index (χ2v) is 5.65. The summed E-state index contributed by atoms with van der Waals surface area (Å²) in [6.45, 7) is 6.41. The van der Waals surface area contributed by atoms with Crippen molar-refractivity contribution < 1.29 is 19.0 Å². The summed E-state index contributed by atoms with van der Waals surface area (Å²) >= 11 is 0. The Hall–Kier alpha value is -2.63. The zero-order valence-electron chi connectivity index (χ0n) is 14.0. The highest BCUT2D eigenvalue weighted by atomic mass is 16.6. The Balaban J connectivity index is 1.92. The molecule has 0 saturated carbocycles. The van der Waals surface area contributed by atoms with Gasteiger partial charge in [0.2, 0.25) is 6.10 Å². The van der Waals surface area contributed by atoms with Crippen molar-refractivity contribution in [3.8, 4) is 11.8 Å². The Kier molecular flexibility index (Phi) is 4.64. The van der Waals surface area contributed by atoms with Crippen LogP contribution in [0.1, 0.15) is 35.5 Å². The standard InChI is InChI=1S/C18H20N2O4/c1-4-22-17(21)16(24-18-19-11(2)9-12(3)20-18)14-5-6-15-13(10-14)7-8-23-15/h5-6,9-10,16H,4,7-8H2,1-3H3. The number of hydrogen-bond donors (Lipinski definition) is 0. The SMILES string of the molecule is CCOC(=O)C(Oc1nc(C)cc(C)n1)c1ccc2c(c1)CCO2. The van der Waals surface area contributed by atoms with Crippen molar-refractivity contribution in [2.75, 3.05) is 13.2 Å². The van der Waals surface area contributed by atoms with E-state index in [4.69, 9.17) is 14.2 Å². The van der Waals surface area contributed by atoms with E-state index in [1.807, 2.05) is 38.1 Å². The molecule has 0 aliphatic carbocycles. The quantitative estimate of drug-likeness (QED) is 0.786. The van der Waals surface area contributed by atoms with Gasteiger partial charge in [0.15, 0.2) is 0 Å². The van der Waals surface area contributed by atoms with Gasteiger partial charge in [0.05, 0.1) is 13.2 Å². The maximum Gasteiger partial charge on any atom is 0.352 e. The van der Waals surface area contributed by atoms with E-state index in [1.165, 1.54) is 0 Å². The maximum atomic E-state index is 12.4. The van der Waals surface area contributed by atoms with Gasteiger partial charge in [0.1, 0.15) is 5.75 Å². The summed E-state index contributed by atoms with van der Waals surface area (Å²) in [5.41, 5.74) is 3.33. The summed E-state index contributed by atoms with van der Waals surface area (Å²) < 4.78 is 16.5. The van der Waals surface area contributed by atoms with E-state index < -0.39 is 12.1 Å². The minimum Gasteiger partial charge on any atom is -0.493 e. The molecule has 2 aromatic rings. The van der Waals surface area contributed by atoms with E-state index in [2.05, 4.69) is 9.97 Å². The molecule has 1 aliphatic heterocycles. The van der Waals surface area contributed by atoms with Crippen LogP contribution < -0.4 is 9.47 Å². The van der Waals surface area contributed by atoms with Crippen LogP contribution in [0, 0.1) is 13.8 Å². The molecule has 0 radical (unpaired) electrons. The average molecular weight is 328 g/mol. The fourth-order valence-corrected chi connectivity index (χ4v) is 2.69. The predicted octanol–water partition coefficient (Wildman–Crippen LogP) is 2.71. The van der Waals surface area contributed by atoms with E-state index in [1.54, 1.807) is 6.92 Å². The van der Waals surface area contributed by atoms with Crippen LogP contribution in [0.2, 0.25) is 0 Å². The van der Waals surface area contributed by atoms with Crippen LogP contribution in [0.25, 0.3) is 0 Å². The molecule has 0 fully saturated rings. The lowest BCUT2D eigenvalue weighted by molar-refractivity contribution is -0.152. The molecule has 6 nitrogen and oxygen atoms in total. The number of carbonyl (C=O) groups excluding carboxylic acids is 1. The average Bonchev–Trinajstić information content (AvgIpc) is 2.99. The van der Waals surface area contributed by atoms with Crippen molar-refractivity contribution in [1.29, 1.82) is 0 Å². The first kappa shape index (κ1) is 16.2. The van der Waals surface area contributed by atoms with Crippen molar-refractivity contribution >= 4 is 5.97 Å². The van der Waals surface area contributed by atoms with E-state index >= 15 is 0 Å². The Morgan fingerprint density at radius 2 is 2.00 bits per heavy atom. The van der Waals surface area contributed by atoms with Crippen molar-refractivity contribution in [2.24, 2.45) is 0 Å². The summed E-state index contributed by atoms with van der Waals surface area (Å²) in [6.07, 6.45) is -0.0873. The lowest BCUT2D eigenvalue weighted by Crippen LogP contribution is -2.22. The molecular formula is C18H20N2O4. The molecule has 6 heteroatoms. The third-order valence-electron chi connectivity index (χ3n) is 3.70. The number of fused-ring (bicyclic) bond motifs is 1. The van der Waals surface area contributed by atoms with Gasteiger partial charge in [-0.25, -0.2) is 14.8 Å². The van der Waals surface area contributed by atoms with Gasteiger partial charge in [-0.1, -0.05) is 6.07 Å². The lowest BCUT2D eigenvalue weighted by atomic mass is 10.0. The minimum atomic E-state index is -0.906. The van der Waals surface area contributed by atoms with Crippen LogP contribution in [-0.4, -0.2) is 29.2 Å². The first-order valence-electron chi connectivity index (χ1n) is 7.98. The number of aryl methyl sites for hydroxylation is 2. The molecule has 2 heterocycles. The van der Waals surface area contributed by atoms with Gasteiger partial charge in [-0.3, -0.25) is 0 Å².